The Bertz CT molecular complexity index is 696. The van der Waals surface area contributed by atoms with Crippen molar-refractivity contribution in [1.82, 2.24) is 15.1 Å². The van der Waals surface area contributed by atoms with Crippen molar-refractivity contribution in [2.75, 3.05) is 0 Å². The molecule has 124 valence electrons. The fraction of sp³-hybridized carbons (Fsp3) is 0.444. The van der Waals surface area contributed by atoms with Gasteiger partial charge in [-0.3, -0.25) is 9.48 Å². The zero-order valence-electron chi connectivity index (χ0n) is 14.4. The highest BCUT2D eigenvalue weighted by Gasteiger charge is 2.19. The summed E-state index contributed by atoms with van der Waals surface area (Å²) < 4.78 is 1.63. The summed E-state index contributed by atoms with van der Waals surface area (Å²) in [5.41, 5.74) is 3.56. The SMILES string of the molecule is CCn1nc(C)c(Cl)c1C(=O)NCc1ccc(C(C)(C)C)cc1. The summed E-state index contributed by atoms with van der Waals surface area (Å²) in [5.74, 6) is -0.197. The lowest BCUT2D eigenvalue weighted by atomic mass is 9.87. The second kappa shape index (κ2) is 6.75. The Balaban J connectivity index is 2.08. The maximum atomic E-state index is 12.4. The van der Waals surface area contributed by atoms with Gasteiger partial charge in [-0.2, -0.15) is 5.10 Å². The lowest BCUT2D eigenvalue weighted by molar-refractivity contribution is 0.0940. The zero-order chi connectivity index (χ0) is 17.2. The molecule has 1 amide bonds. The first kappa shape index (κ1) is 17.5. The van der Waals surface area contributed by atoms with Crippen LogP contribution in [0.3, 0.4) is 0 Å². The first-order valence-corrected chi connectivity index (χ1v) is 8.22. The highest BCUT2D eigenvalue weighted by molar-refractivity contribution is 6.34. The van der Waals surface area contributed by atoms with Crippen LogP contribution in [0.25, 0.3) is 0 Å². The number of aromatic nitrogens is 2. The Labute approximate surface area is 142 Å². The van der Waals surface area contributed by atoms with Gasteiger partial charge in [0.25, 0.3) is 5.91 Å². The molecule has 4 nitrogen and oxygen atoms in total. The van der Waals surface area contributed by atoms with E-state index in [1.807, 2.05) is 19.1 Å². The molecule has 0 unspecified atom stereocenters. The summed E-state index contributed by atoms with van der Waals surface area (Å²) in [6.07, 6.45) is 0. The van der Waals surface area contributed by atoms with E-state index in [1.54, 1.807) is 11.6 Å². The second-order valence-electron chi connectivity index (χ2n) is 6.69. The fourth-order valence-electron chi connectivity index (χ4n) is 2.39. The van der Waals surface area contributed by atoms with Gasteiger partial charge in [0, 0.05) is 13.1 Å². The van der Waals surface area contributed by atoms with Gasteiger partial charge in [-0.1, -0.05) is 56.6 Å². The third-order valence-electron chi connectivity index (χ3n) is 3.84. The third kappa shape index (κ3) is 3.94. The van der Waals surface area contributed by atoms with Crippen molar-refractivity contribution in [3.05, 3.63) is 51.8 Å². The van der Waals surface area contributed by atoms with Crippen molar-refractivity contribution >= 4 is 17.5 Å². The van der Waals surface area contributed by atoms with Gasteiger partial charge in [0.2, 0.25) is 0 Å². The molecule has 0 radical (unpaired) electrons. The Morgan fingerprint density at radius 1 is 1.26 bits per heavy atom. The molecular formula is C18H24ClN3O. The summed E-state index contributed by atoms with van der Waals surface area (Å²) in [6.45, 7) is 11.4. The molecule has 0 aliphatic heterocycles. The predicted octanol–water partition coefficient (Wildman–Crippen LogP) is 4.09. The molecule has 1 N–H and O–H groups in total. The Hall–Kier alpha value is -1.81. The topological polar surface area (TPSA) is 46.9 Å². The highest BCUT2D eigenvalue weighted by atomic mass is 35.5. The van der Waals surface area contributed by atoms with E-state index < -0.39 is 0 Å². The van der Waals surface area contributed by atoms with Crippen LogP contribution < -0.4 is 5.32 Å². The molecule has 2 rings (SSSR count). The van der Waals surface area contributed by atoms with E-state index >= 15 is 0 Å². The second-order valence-corrected chi connectivity index (χ2v) is 7.07. The van der Waals surface area contributed by atoms with E-state index in [9.17, 15) is 4.79 Å². The smallest absolute Gasteiger partial charge is 0.271 e. The first-order chi connectivity index (χ1) is 10.7. The number of halogens is 1. The first-order valence-electron chi connectivity index (χ1n) is 7.84. The van der Waals surface area contributed by atoms with E-state index in [1.165, 1.54) is 5.56 Å². The number of hydrogen-bond acceptors (Lipinski definition) is 2. The van der Waals surface area contributed by atoms with E-state index in [0.29, 0.717) is 29.5 Å². The van der Waals surface area contributed by atoms with Gasteiger partial charge in [0.05, 0.1) is 10.7 Å². The molecule has 0 atom stereocenters. The van der Waals surface area contributed by atoms with Gasteiger partial charge in [-0.05, 0) is 30.4 Å². The van der Waals surface area contributed by atoms with Crippen molar-refractivity contribution in [1.29, 1.82) is 0 Å². The Morgan fingerprint density at radius 3 is 2.39 bits per heavy atom. The largest absolute Gasteiger partial charge is 0.347 e. The van der Waals surface area contributed by atoms with Crippen LogP contribution in [0.5, 0.6) is 0 Å². The van der Waals surface area contributed by atoms with Gasteiger partial charge in [0.15, 0.2) is 0 Å². The van der Waals surface area contributed by atoms with Crippen LogP contribution in [0, 0.1) is 6.92 Å². The van der Waals surface area contributed by atoms with Crippen molar-refractivity contribution in [3.63, 3.8) is 0 Å². The lowest BCUT2D eigenvalue weighted by Gasteiger charge is -2.19. The molecule has 0 bridgehead atoms. The average Bonchev–Trinajstić information content (AvgIpc) is 2.79. The molecule has 0 saturated carbocycles. The van der Waals surface area contributed by atoms with Crippen LogP contribution in [0.15, 0.2) is 24.3 Å². The lowest BCUT2D eigenvalue weighted by Crippen LogP contribution is -2.26. The molecule has 0 aliphatic rings. The number of amides is 1. The normalized spacial score (nSPS) is 11.6. The zero-order valence-corrected chi connectivity index (χ0v) is 15.2. The van der Waals surface area contributed by atoms with Crippen LogP contribution in [-0.2, 0) is 18.5 Å². The summed E-state index contributed by atoms with van der Waals surface area (Å²) >= 11 is 6.20. The van der Waals surface area contributed by atoms with E-state index in [4.69, 9.17) is 11.6 Å². The van der Waals surface area contributed by atoms with Gasteiger partial charge >= 0.3 is 0 Å². The van der Waals surface area contributed by atoms with Gasteiger partial charge in [-0.15, -0.1) is 0 Å². The molecule has 0 saturated heterocycles. The fourth-order valence-corrected chi connectivity index (χ4v) is 2.62. The van der Waals surface area contributed by atoms with Gasteiger partial charge in [-0.25, -0.2) is 0 Å². The van der Waals surface area contributed by atoms with Gasteiger partial charge in [0.1, 0.15) is 5.69 Å². The number of nitrogens with zero attached hydrogens (tertiary/aromatic N) is 2. The third-order valence-corrected chi connectivity index (χ3v) is 4.29. The summed E-state index contributed by atoms with van der Waals surface area (Å²) in [6, 6.07) is 8.31. The number of nitrogens with one attached hydrogen (secondary N) is 1. The maximum absolute atomic E-state index is 12.4. The molecule has 1 aromatic carbocycles. The number of carbonyl (C=O) groups is 1. The average molecular weight is 334 g/mol. The molecular weight excluding hydrogens is 310 g/mol. The summed E-state index contributed by atoms with van der Waals surface area (Å²) in [7, 11) is 0. The number of aryl methyl sites for hydroxylation is 2. The minimum Gasteiger partial charge on any atom is -0.347 e. The molecule has 1 aromatic heterocycles. The van der Waals surface area contributed by atoms with Crippen molar-refractivity contribution in [3.8, 4) is 0 Å². The molecule has 0 aliphatic carbocycles. The number of rotatable bonds is 4. The number of hydrogen-bond donors (Lipinski definition) is 1. The molecule has 2 aromatic rings. The minimum atomic E-state index is -0.197. The minimum absolute atomic E-state index is 0.125. The Morgan fingerprint density at radius 2 is 1.87 bits per heavy atom. The van der Waals surface area contributed by atoms with Gasteiger partial charge < -0.3 is 5.32 Å². The van der Waals surface area contributed by atoms with E-state index in [2.05, 4.69) is 43.3 Å². The van der Waals surface area contributed by atoms with E-state index in [0.717, 1.165) is 5.56 Å². The molecule has 0 spiro atoms. The van der Waals surface area contributed by atoms with Crippen molar-refractivity contribution < 1.29 is 4.79 Å². The van der Waals surface area contributed by atoms with Crippen LogP contribution in [0.4, 0.5) is 0 Å². The molecule has 5 heteroatoms. The van der Waals surface area contributed by atoms with E-state index in [-0.39, 0.29) is 11.3 Å². The Kier molecular flexibility index (Phi) is 5.15. The summed E-state index contributed by atoms with van der Waals surface area (Å²) in [5, 5.41) is 7.61. The maximum Gasteiger partial charge on any atom is 0.271 e. The quantitative estimate of drug-likeness (QED) is 0.916. The number of carbonyl (C=O) groups excluding carboxylic acids is 1. The van der Waals surface area contributed by atoms with Crippen molar-refractivity contribution in [2.24, 2.45) is 0 Å². The predicted molar refractivity (Wildman–Crippen MR) is 94.0 cm³/mol. The highest BCUT2D eigenvalue weighted by Crippen LogP contribution is 2.22. The molecule has 0 fully saturated rings. The van der Waals surface area contributed by atoms with Crippen LogP contribution in [0.1, 0.15) is 55.0 Å². The van der Waals surface area contributed by atoms with Crippen molar-refractivity contribution in [2.45, 2.75) is 53.1 Å². The monoisotopic (exact) mass is 333 g/mol. The van der Waals surface area contributed by atoms with Crippen LogP contribution >= 0.6 is 11.6 Å². The molecule has 23 heavy (non-hydrogen) atoms. The standard InChI is InChI=1S/C18H24ClN3O/c1-6-22-16(15(19)12(2)21-22)17(23)20-11-13-7-9-14(10-8-13)18(3,4)5/h7-10H,6,11H2,1-5H3,(H,20,23). The van der Waals surface area contributed by atoms with Crippen LogP contribution in [0.2, 0.25) is 5.02 Å². The molecule has 1 heterocycles. The number of benzene rings is 1. The summed E-state index contributed by atoms with van der Waals surface area (Å²) in [4.78, 5) is 12.4. The van der Waals surface area contributed by atoms with Crippen LogP contribution in [-0.4, -0.2) is 15.7 Å².